The predicted octanol–water partition coefficient (Wildman–Crippen LogP) is 3.87. The van der Waals surface area contributed by atoms with Crippen LogP contribution in [0.3, 0.4) is 0 Å². The molecule has 0 aromatic heterocycles. The Hall–Kier alpha value is -0.610. The molecule has 19 heavy (non-hydrogen) atoms. The van der Waals surface area contributed by atoms with E-state index >= 15 is 0 Å². The minimum atomic E-state index is -0.174. The fourth-order valence-electron chi connectivity index (χ4n) is 2.65. The lowest BCUT2D eigenvalue weighted by atomic mass is 10.0. The molecule has 4 heteroatoms. The second-order valence-corrected chi connectivity index (χ2v) is 6.12. The van der Waals surface area contributed by atoms with Gasteiger partial charge >= 0.3 is 0 Å². The van der Waals surface area contributed by atoms with E-state index in [9.17, 15) is 4.39 Å². The lowest BCUT2D eigenvalue weighted by Crippen LogP contribution is -2.43. The molecule has 1 fully saturated rings. The third-order valence-corrected chi connectivity index (χ3v) is 4.37. The first-order valence-corrected chi connectivity index (χ1v) is 7.85. The van der Waals surface area contributed by atoms with Crippen LogP contribution in [0.25, 0.3) is 0 Å². The molecule has 1 saturated heterocycles. The third kappa shape index (κ3) is 3.69. The summed E-state index contributed by atoms with van der Waals surface area (Å²) in [5, 5.41) is 3.57. The predicted molar refractivity (Wildman–Crippen MR) is 82.4 cm³/mol. The summed E-state index contributed by atoms with van der Waals surface area (Å²) in [6.07, 6.45) is 3.45. The first kappa shape index (κ1) is 14.8. The van der Waals surface area contributed by atoms with Gasteiger partial charge in [-0.05, 0) is 66.4 Å². The molecule has 2 rings (SSSR count). The van der Waals surface area contributed by atoms with Gasteiger partial charge in [0.1, 0.15) is 5.82 Å². The Morgan fingerprint density at radius 2 is 2.05 bits per heavy atom. The van der Waals surface area contributed by atoms with Gasteiger partial charge in [0.25, 0.3) is 0 Å². The van der Waals surface area contributed by atoms with Crippen molar-refractivity contribution in [1.82, 2.24) is 5.32 Å². The number of rotatable bonds is 4. The van der Waals surface area contributed by atoms with Crippen molar-refractivity contribution in [2.24, 2.45) is 0 Å². The molecule has 2 nitrogen and oxygen atoms in total. The molecule has 0 aliphatic carbocycles. The van der Waals surface area contributed by atoms with E-state index in [0.717, 1.165) is 43.7 Å². The van der Waals surface area contributed by atoms with Crippen molar-refractivity contribution in [1.29, 1.82) is 0 Å². The summed E-state index contributed by atoms with van der Waals surface area (Å²) in [7, 11) is 0. The van der Waals surface area contributed by atoms with E-state index in [1.54, 1.807) is 6.07 Å². The third-order valence-electron chi connectivity index (χ3n) is 3.76. The Morgan fingerprint density at radius 3 is 2.68 bits per heavy atom. The van der Waals surface area contributed by atoms with Gasteiger partial charge in [0.05, 0.1) is 4.47 Å². The van der Waals surface area contributed by atoms with E-state index in [4.69, 9.17) is 0 Å². The first-order chi connectivity index (χ1) is 9.11. The monoisotopic (exact) mass is 328 g/mol. The summed E-state index contributed by atoms with van der Waals surface area (Å²) in [6.45, 7) is 7.33. The van der Waals surface area contributed by atoms with E-state index < -0.39 is 0 Å². The molecule has 106 valence electrons. The van der Waals surface area contributed by atoms with Gasteiger partial charge in [-0.15, -0.1) is 0 Å². The average Bonchev–Trinajstić information content (AvgIpc) is 2.41. The largest absolute Gasteiger partial charge is 0.371 e. The van der Waals surface area contributed by atoms with Gasteiger partial charge in [-0.3, -0.25) is 0 Å². The Bertz CT molecular complexity index is 428. The number of aryl methyl sites for hydroxylation is 1. The summed E-state index contributed by atoms with van der Waals surface area (Å²) >= 11 is 3.24. The Morgan fingerprint density at radius 1 is 1.37 bits per heavy atom. The van der Waals surface area contributed by atoms with E-state index in [0.29, 0.717) is 10.5 Å². The van der Waals surface area contributed by atoms with Crippen molar-refractivity contribution in [2.45, 2.75) is 39.2 Å². The number of anilines is 1. The van der Waals surface area contributed by atoms with Crippen molar-refractivity contribution in [3.63, 3.8) is 0 Å². The molecule has 1 heterocycles. The highest BCUT2D eigenvalue weighted by atomic mass is 79.9. The summed E-state index contributed by atoms with van der Waals surface area (Å²) in [5.41, 5.74) is 2.17. The molecule has 0 amide bonds. The molecular weight excluding hydrogens is 307 g/mol. The molecule has 0 spiro atoms. The molecule has 0 bridgehead atoms. The number of nitrogens with one attached hydrogen (secondary N) is 1. The Labute approximate surface area is 123 Å². The highest BCUT2D eigenvalue weighted by molar-refractivity contribution is 9.10. The van der Waals surface area contributed by atoms with Gasteiger partial charge in [0.2, 0.25) is 0 Å². The van der Waals surface area contributed by atoms with Crippen LogP contribution in [-0.4, -0.2) is 25.7 Å². The zero-order valence-corrected chi connectivity index (χ0v) is 13.3. The molecule has 0 radical (unpaired) electrons. The van der Waals surface area contributed by atoms with Crippen LogP contribution in [-0.2, 0) is 0 Å². The fourth-order valence-corrected chi connectivity index (χ4v) is 3.11. The second-order valence-electron chi connectivity index (χ2n) is 5.27. The van der Waals surface area contributed by atoms with Crippen LogP contribution in [0.1, 0.15) is 31.7 Å². The second kappa shape index (κ2) is 6.71. The first-order valence-electron chi connectivity index (χ1n) is 7.05. The van der Waals surface area contributed by atoms with Gasteiger partial charge in [-0.2, -0.15) is 0 Å². The maximum atomic E-state index is 13.7. The van der Waals surface area contributed by atoms with Crippen LogP contribution in [0.15, 0.2) is 16.6 Å². The molecule has 1 aliphatic heterocycles. The average molecular weight is 329 g/mol. The number of hydrogen-bond donors (Lipinski definition) is 1. The van der Waals surface area contributed by atoms with Crippen LogP contribution in [0, 0.1) is 12.7 Å². The van der Waals surface area contributed by atoms with Crippen LogP contribution in [0.5, 0.6) is 0 Å². The van der Waals surface area contributed by atoms with Crippen LogP contribution in [0.2, 0.25) is 0 Å². The Kier molecular flexibility index (Phi) is 5.22. The molecule has 0 saturated carbocycles. The van der Waals surface area contributed by atoms with Gasteiger partial charge in [0, 0.05) is 24.8 Å². The van der Waals surface area contributed by atoms with Crippen molar-refractivity contribution in [3.8, 4) is 0 Å². The maximum absolute atomic E-state index is 13.7. The molecule has 1 aromatic rings. The molecule has 0 atom stereocenters. The number of benzene rings is 1. The van der Waals surface area contributed by atoms with Gasteiger partial charge < -0.3 is 10.2 Å². The number of halogens is 2. The van der Waals surface area contributed by atoms with E-state index in [1.807, 2.05) is 13.0 Å². The smallest absolute Gasteiger partial charge is 0.139 e. The van der Waals surface area contributed by atoms with E-state index in [1.165, 1.54) is 6.42 Å². The highest BCUT2D eigenvalue weighted by Crippen LogP contribution is 2.28. The highest BCUT2D eigenvalue weighted by Gasteiger charge is 2.20. The minimum Gasteiger partial charge on any atom is -0.371 e. The molecular formula is C15H22BrFN2. The van der Waals surface area contributed by atoms with Crippen molar-refractivity contribution >= 4 is 21.6 Å². The summed E-state index contributed by atoms with van der Waals surface area (Å²) in [5.74, 6) is -0.174. The number of piperidine rings is 1. The zero-order chi connectivity index (χ0) is 13.8. The van der Waals surface area contributed by atoms with Crippen LogP contribution >= 0.6 is 15.9 Å². The standard InChI is InChI=1S/C15H22BrFN2/c1-3-6-18-12-4-7-19(8-5-12)15-10-14(17)13(16)9-11(15)2/h9-10,12,18H,3-8H2,1-2H3. The van der Waals surface area contributed by atoms with Crippen molar-refractivity contribution < 1.29 is 4.39 Å². The van der Waals surface area contributed by atoms with Gasteiger partial charge in [-0.25, -0.2) is 4.39 Å². The van der Waals surface area contributed by atoms with Crippen molar-refractivity contribution in [3.05, 3.63) is 28.0 Å². The summed E-state index contributed by atoms with van der Waals surface area (Å²) in [4.78, 5) is 2.30. The number of nitrogens with zero attached hydrogens (tertiary/aromatic N) is 1. The molecule has 0 unspecified atom stereocenters. The fraction of sp³-hybridized carbons (Fsp3) is 0.600. The summed E-state index contributed by atoms with van der Waals surface area (Å²) < 4.78 is 14.2. The van der Waals surface area contributed by atoms with Crippen LogP contribution in [0.4, 0.5) is 10.1 Å². The van der Waals surface area contributed by atoms with E-state index in [-0.39, 0.29) is 5.82 Å². The SMILES string of the molecule is CCCNC1CCN(c2cc(F)c(Br)cc2C)CC1. The molecule has 1 aliphatic rings. The maximum Gasteiger partial charge on any atom is 0.139 e. The zero-order valence-electron chi connectivity index (χ0n) is 11.7. The molecule has 1 aromatic carbocycles. The minimum absolute atomic E-state index is 0.174. The quantitative estimate of drug-likeness (QED) is 0.902. The summed E-state index contributed by atoms with van der Waals surface area (Å²) in [6, 6.07) is 4.14. The van der Waals surface area contributed by atoms with Crippen molar-refractivity contribution in [2.75, 3.05) is 24.5 Å². The number of hydrogen-bond acceptors (Lipinski definition) is 2. The molecule has 1 N–H and O–H groups in total. The van der Waals surface area contributed by atoms with Gasteiger partial charge in [0.15, 0.2) is 0 Å². The lowest BCUT2D eigenvalue weighted by molar-refractivity contribution is 0.415. The van der Waals surface area contributed by atoms with Crippen LogP contribution < -0.4 is 10.2 Å². The Balaban J connectivity index is 1.99. The topological polar surface area (TPSA) is 15.3 Å². The normalized spacial score (nSPS) is 16.9. The van der Waals surface area contributed by atoms with Gasteiger partial charge in [-0.1, -0.05) is 6.92 Å². The van der Waals surface area contributed by atoms with E-state index in [2.05, 4.69) is 33.1 Å². The lowest BCUT2D eigenvalue weighted by Gasteiger charge is -2.35.